The van der Waals surface area contributed by atoms with Gasteiger partial charge in [-0.2, -0.15) is 0 Å². The van der Waals surface area contributed by atoms with Crippen molar-refractivity contribution in [2.75, 3.05) is 13.2 Å². The number of nitrogens with zero attached hydrogens (tertiary/aromatic N) is 1. The van der Waals surface area contributed by atoms with Crippen LogP contribution >= 0.6 is 31.9 Å². The molecular formula is C33H28Br2F2N2O4. The SMILES string of the molecule is O=C(NCc1c(F)cccc1F)[C@]1(Cc2ccc(Br)cc2)N=C(c2ccc(OCCCO)cc2)O[C@@H]1c1ccc(Br)cc1. The van der Waals surface area contributed by atoms with Crippen LogP contribution < -0.4 is 10.1 Å². The Kier molecular flexibility index (Phi) is 9.90. The molecule has 1 aliphatic heterocycles. The summed E-state index contributed by atoms with van der Waals surface area (Å²) < 4.78 is 42.8. The highest BCUT2D eigenvalue weighted by atomic mass is 79.9. The predicted octanol–water partition coefficient (Wildman–Crippen LogP) is 7.07. The lowest BCUT2D eigenvalue weighted by Gasteiger charge is -2.31. The Morgan fingerprint density at radius 1 is 0.930 bits per heavy atom. The standard InChI is InChI=1S/C33H28Br2F2N2O4/c34-24-11-5-21(6-12-24)19-33(32(41)38-20-27-28(36)3-1-4-29(27)37)30(22-7-13-25(35)14-8-22)43-31(39-33)23-9-15-26(16-10-23)42-18-2-17-40/h1,3-16,30,40H,2,17-20H2,(H,38,41)/t30-,33-/m1/s1. The molecule has 0 saturated carbocycles. The van der Waals surface area contributed by atoms with E-state index in [4.69, 9.17) is 19.6 Å². The third-order valence-corrected chi connectivity index (χ3v) is 8.13. The van der Waals surface area contributed by atoms with Gasteiger partial charge in [0.2, 0.25) is 5.90 Å². The molecule has 1 aliphatic rings. The van der Waals surface area contributed by atoms with Crippen molar-refractivity contribution in [2.45, 2.75) is 31.0 Å². The van der Waals surface area contributed by atoms with Crippen LogP contribution in [0.3, 0.4) is 0 Å². The molecular weight excluding hydrogens is 686 g/mol. The van der Waals surface area contributed by atoms with Crippen LogP contribution in [0.15, 0.2) is 105 Å². The number of hydrogen-bond donors (Lipinski definition) is 2. The molecule has 2 atom stereocenters. The fourth-order valence-corrected chi connectivity index (χ4v) is 5.38. The van der Waals surface area contributed by atoms with Crippen molar-refractivity contribution >= 4 is 43.7 Å². The first-order valence-electron chi connectivity index (χ1n) is 13.6. The second-order valence-corrected chi connectivity index (χ2v) is 11.9. The lowest BCUT2D eigenvalue weighted by Crippen LogP contribution is -2.49. The van der Waals surface area contributed by atoms with Crippen LogP contribution in [0, 0.1) is 11.6 Å². The molecule has 2 N–H and O–H groups in total. The van der Waals surface area contributed by atoms with Gasteiger partial charge in [0.15, 0.2) is 11.6 Å². The zero-order valence-electron chi connectivity index (χ0n) is 22.9. The maximum atomic E-state index is 14.5. The Morgan fingerprint density at radius 2 is 1.56 bits per heavy atom. The molecule has 5 rings (SSSR count). The summed E-state index contributed by atoms with van der Waals surface area (Å²) in [5, 5.41) is 11.8. The van der Waals surface area contributed by atoms with E-state index in [0.717, 1.165) is 26.6 Å². The molecule has 10 heteroatoms. The van der Waals surface area contributed by atoms with Crippen LogP contribution in [-0.2, 0) is 22.5 Å². The number of rotatable bonds is 11. The van der Waals surface area contributed by atoms with E-state index in [1.807, 2.05) is 48.5 Å². The lowest BCUT2D eigenvalue weighted by atomic mass is 9.82. The monoisotopic (exact) mass is 712 g/mol. The van der Waals surface area contributed by atoms with Gasteiger partial charge in [-0.3, -0.25) is 4.79 Å². The Bertz CT molecular complexity index is 1580. The molecule has 6 nitrogen and oxygen atoms in total. The van der Waals surface area contributed by atoms with Gasteiger partial charge in [-0.15, -0.1) is 0 Å². The van der Waals surface area contributed by atoms with Crippen LogP contribution in [0.25, 0.3) is 0 Å². The van der Waals surface area contributed by atoms with Crippen LogP contribution in [0.1, 0.15) is 34.8 Å². The van der Waals surface area contributed by atoms with E-state index in [9.17, 15) is 13.6 Å². The smallest absolute Gasteiger partial charge is 0.252 e. The number of nitrogens with one attached hydrogen (secondary N) is 1. The molecule has 0 saturated heterocycles. The fourth-order valence-electron chi connectivity index (χ4n) is 4.86. The van der Waals surface area contributed by atoms with Crippen molar-refractivity contribution in [1.82, 2.24) is 5.32 Å². The van der Waals surface area contributed by atoms with Gasteiger partial charge in [0.25, 0.3) is 5.91 Å². The second-order valence-electron chi connectivity index (χ2n) is 10.0. The Morgan fingerprint density at radius 3 is 2.19 bits per heavy atom. The molecule has 4 aromatic carbocycles. The number of carbonyl (C=O) groups is 1. The second kappa shape index (κ2) is 13.8. The first-order chi connectivity index (χ1) is 20.8. The average molecular weight is 714 g/mol. The molecule has 0 radical (unpaired) electrons. The largest absolute Gasteiger partial charge is 0.494 e. The van der Waals surface area contributed by atoms with Crippen LogP contribution in [-0.4, -0.2) is 35.7 Å². The Hall–Kier alpha value is -3.60. The highest BCUT2D eigenvalue weighted by Gasteiger charge is 2.53. The molecule has 43 heavy (non-hydrogen) atoms. The molecule has 1 amide bonds. The molecule has 0 spiro atoms. The summed E-state index contributed by atoms with van der Waals surface area (Å²) in [5.74, 6) is -1.17. The molecule has 0 aromatic heterocycles. The fraction of sp³-hybridized carbons (Fsp3) is 0.212. The number of ether oxygens (including phenoxy) is 2. The lowest BCUT2D eigenvalue weighted by molar-refractivity contribution is -0.129. The molecule has 222 valence electrons. The topological polar surface area (TPSA) is 80.2 Å². The number of benzene rings is 4. The van der Waals surface area contributed by atoms with Crippen LogP contribution in [0.4, 0.5) is 8.78 Å². The highest BCUT2D eigenvalue weighted by Crippen LogP contribution is 2.43. The molecule has 0 fully saturated rings. The minimum atomic E-state index is -1.52. The minimum Gasteiger partial charge on any atom is -0.494 e. The van der Waals surface area contributed by atoms with Gasteiger partial charge in [0.1, 0.15) is 17.4 Å². The number of hydrogen-bond acceptors (Lipinski definition) is 5. The first-order valence-corrected chi connectivity index (χ1v) is 15.2. The zero-order chi connectivity index (χ0) is 30.4. The average Bonchev–Trinajstić information content (AvgIpc) is 3.39. The summed E-state index contributed by atoms with van der Waals surface area (Å²) in [5.41, 5.74) is 0.390. The highest BCUT2D eigenvalue weighted by molar-refractivity contribution is 9.10. The van der Waals surface area contributed by atoms with Crippen LogP contribution in [0.2, 0.25) is 0 Å². The van der Waals surface area contributed by atoms with Crippen molar-refractivity contribution in [3.8, 4) is 5.75 Å². The summed E-state index contributed by atoms with van der Waals surface area (Å²) in [7, 11) is 0. The van der Waals surface area contributed by atoms with Gasteiger partial charge in [-0.25, -0.2) is 13.8 Å². The third kappa shape index (κ3) is 7.14. The van der Waals surface area contributed by atoms with Gasteiger partial charge < -0.3 is 19.9 Å². The normalized spacial score (nSPS) is 17.7. The molecule has 1 heterocycles. The van der Waals surface area contributed by atoms with Gasteiger partial charge in [0.05, 0.1) is 6.61 Å². The van der Waals surface area contributed by atoms with E-state index in [1.54, 1.807) is 24.3 Å². The van der Waals surface area contributed by atoms with E-state index in [0.29, 0.717) is 29.9 Å². The Balaban J connectivity index is 1.56. The number of halogens is 4. The van der Waals surface area contributed by atoms with Crippen molar-refractivity contribution in [3.63, 3.8) is 0 Å². The number of aliphatic hydroxyl groups excluding tert-OH is 1. The van der Waals surface area contributed by atoms with Crippen molar-refractivity contribution in [1.29, 1.82) is 0 Å². The molecule has 4 aromatic rings. The van der Waals surface area contributed by atoms with Crippen molar-refractivity contribution in [3.05, 3.63) is 134 Å². The van der Waals surface area contributed by atoms with Gasteiger partial charge >= 0.3 is 0 Å². The van der Waals surface area contributed by atoms with Crippen molar-refractivity contribution < 1.29 is 28.2 Å². The third-order valence-electron chi connectivity index (χ3n) is 7.08. The van der Waals surface area contributed by atoms with Gasteiger partial charge in [-0.05, 0) is 71.8 Å². The predicted molar refractivity (Wildman–Crippen MR) is 167 cm³/mol. The number of amides is 1. The maximum absolute atomic E-state index is 14.5. The van der Waals surface area contributed by atoms with E-state index in [2.05, 4.69) is 37.2 Å². The number of carbonyl (C=O) groups excluding carboxylic acids is 1. The van der Waals surface area contributed by atoms with E-state index in [-0.39, 0.29) is 31.0 Å². The molecule has 0 unspecified atom stereocenters. The number of aliphatic imine (C=N–C) groups is 1. The first kappa shape index (κ1) is 30.8. The molecule has 0 bridgehead atoms. The maximum Gasteiger partial charge on any atom is 0.252 e. The molecule has 0 aliphatic carbocycles. The van der Waals surface area contributed by atoms with E-state index >= 15 is 0 Å². The minimum absolute atomic E-state index is 0.0340. The quantitative estimate of drug-likeness (QED) is 0.163. The summed E-state index contributed by atoms with van der Waals surface area (Å²) in [6.45, 7) is 0.0431. The summed E-state index contributed by atoms with van der Waals surface area (Å²) >= 11 is 6.92. The summed E-state index contributed by atoms with van der Waals surface area (Å²) in [4.78, 5) is 19.2. The van der Waals surface area contributed by atoms with Gasteiger partial charge in [0, 0.05) is 46.1 Å². The number of aliphatic hydroxyl groups is 1. The Labute approximate surface area is 265 Å². The summed E-state index contributed by atoms with van der Waals surface area (Å²) in [6, 6.07) is 25.6. The van der Waals surface area contributed by atoms with Crippen LogP contribution in [0.5, 0.6) is 5.75 Å². The van der Waals surface area contributed by atoms with Crippen molar-refractivity contribution in [2.24, 2.45) is 4.99 Å². The zero-order valence-corrected chi connectivity index (χ0v) is 26.1. The van der Waals surface area contributed by atoms with E-state index in [1.165, 1.54) is 6.07 Å². The summed E-state index contributed by atoms with van der Waals surface area (Å²) in [6.07, 6.45) is -0.194. The van der Waals surface area contributed by atoms with Gasteiger partial charge in [-0.1, -0.05) is 62.2 Å². The van der Waals surface area contributed by atoms with E-state index < -0.39 is 29.2 Å².